The highest BCUT2D eigenvalue weighted by Gasteiger charge is 2.12. The van der Waals surface area contributed by atoms with Gasteiger partial charge in [0.15, 0.2) is 5.78 Å². The first-order valence-corrected chi connectivity index (χ1v) is 7.15. The monoisotopic (exact) mass is 318 g/mol. The summed E-state index contributed by atoms with van der Waals surface area (Å²) in [5.74, 6) is 0.112. The Kier molecular flexibility index (Phi) is 5.55. The topological polar surface area (TPSA) is 50.7 Å². The highest BCUT2D eigenvalue weighted by atomic mass is 32.1. The fourth-order valence-electron chi connectivity index (χ4n) is 1.76. The van der Waals surface area contributed by atoms with Crippen LogP contribution < -0.4 is 10.2 Å². The van der Waals surface area contributed by atoms with Crippen molar-refractivity contribution >= 4 is 29.8 Å². The van der Waals surface area contributed by atoms with Crippen LogP contribution in [-0.2, 0) is 4.79 Å². The van der Waals surface area contributed by atoms with Gasteiger partial charge in [-0.15, -0.1) is 0 Å². The Morgan fingerprint density at radius 2 is 1.82 bits per heavy atom. The van der Waals surface area contributed by atoms with Crippen molar-refractivity contribution in [3.63, 3.8) is 0 Å². The minimum atomic E-state index is -0.371. The number of halogens is 1. The first-order valence-electron chi connectivity index (χ1n) is 6.52. The molecule has 0 saturated carbocycles. The van der Waals surface area contributed by atoms with Gasteiger partial charge in [-0.1, -0.05) is 0 Å². The second-order valence-electron chi connectivity index (χ2n) is 4.39. The van der Waals surface area contributed by atoms with Crippen molar-refractivity contribution in [2.75, 3.05) is 18.3 Å². The summed E-state index contributed by atoms with van der Waals surface area (Å²) in [5, 5.41) is 4.13. The molecule has 0 aliphatic rings. The molecule has 0 heterocycles. The van der Waals surface area contributed by atoms with E-state index >= 15 is 0 Å². The van der Waals surface area contributed by atoms with E-state index in [0.29, 0.717) is 11.3 Å². The number of hydrogen-bond donors (Lipinski definition) is 2. The number of carbonyl (C=O) groups excluding carboxylic acids is 1. The molecule has 0 radical (unpaired) electrons. The molecule has 0 fully saturated rings. The normalized spacial score (nSPS) is 11.1. The molecule has 0 bridgehead atoms. The number of rotatable bonds is 6. The summed E-state index contributed by atoms with van der Waals surface area (Å²) < 4.78 is 18.1. The molecular formula is C16H15FN2O2S. The number of hydrogen-bond acceptors (Lipinski definition) is 5. The van der Waals surface area contributed by atoms with E-state index < -0.39 is 0 Å². The molecule has 0 aliphatic carbocycles. The molecule has 0 saturated heterocycles. The quantitative estimate of drug-likeness (QED) is 0.489. The number of carbonyl (C=O) groups is 1. The summed E-state index contributed by atoms with van der Waals surface area (Å²) in [5.41, 5.74) is 4.24. The number of anilines is 1. The molecule has 0 aromatic heterocycles. The third-order valence-corrected chi connectivity index (χ3v) is 3.20. The van der Waals surface area contributed by atoms with Crippen LogP contribution in [0.2, 0.25) is 0 Å². The van der Waals surface area contributed by atoms with Gasteiger partial charge in [0.05, 0.1) is 18.6 Å². The number of nitrogens with zero attached hydrogens (tertiary/aromatic N) is 1. The summed E-state index contributed by atoms with van der Waals surface area (Å²) >= 11 is 3.98. The number of Topliss-reactive ketones (excluding diaryl/α,β-unsaturated/α-hetero) is 1. The lowest BCUT2D eigenvalue weighted by molar-refractivity contribution is -0.110. The van der Waals surface area contributed by atoms with Crippen molar-refractivity contribution in [3.05, 3.63) is 59.9 Å². The largest absolute Gasteiger partial charge is 0.497 e. The molecule has 22 heavy (non-hydrogen) atoms. The Morgan fingerprint density at radius 3 is 2.36 bits per heavy atom. The van der Waals surface area contributed by atoms with E-state index in [0.717, 1.165) is 5.75 Å². The van der Waals surface area contributed by atoms with E-state index in [1.807, 2.05) is 0 Å². The van der Waals surface area contributed by atoms with Crippen molar-refractivity contribution in [2.24, 2.45) is 5.10 Å². The molecule has 4 nitrogen and oxygen atoms in total. The molecule has 0 spiro atoms. The summed E-state index contributed by atoms with van der Waals surface area (Å²) in [6.07, 6.45) is 0. The predicted octanol–water partition coefficient (Wildman–Crippen LogP) is 3.15. The summed E-state index contributed by atoms with van der Waals surface area (Å²) in [4.78, 5) is 12.0. The van der Waals surface area contributed by atoms with Crippen LogP contribution in [0.5, 0.6) is 5.75 Å². The molecule has 114 valence electrons. The van der Waals surface area contributed by atoms with Crippen LogP contribution >= 0.6 is 12.6 Å². The number of benzene rings is 2. The van der Waals surface area contributed by atoms with Crippen LogP contribution in [0.15, 0.2) is 53.6 Å². The van der Waals surface area contributed by atoms with E-state index in [1.165, 1.54) is 24.3 Å². The number of thiol groups is 1. The number of nitrogens with one attached hydrogen (secondary N) is 1. The standard InChI is InChI=1S/C16H15FN2O2S/c1-21-14-8-6-13(7-9-14)18-19-16(15(20)10-22)11-2-4-12(17)5-3-11/h2-9,18,22H,10H2,1H3. The van der Waals surface area contributed by atoms with E-state index in [1.54, 1.807) is 31.4 Å². The number of methoxy groups -OCH3 is 1. The lowest BCUT2D eigenvalue weighted by atomic mass is 10.1. The minimum Gasteiger partial charge on any atom is -0.497 e. The lowest BCUT2D eigenvalue weighted by Gasteiger charge is -2.07. The first-order chi connectivity index (χ1) is 10.6. The van der Waals surface area contributed by atoms with Crippen molar-refractivity contribution in [3.8, 4) is 5.75 Å². The molecule has 2 rings (SSSR count). The lowest BCUT2D eigenvalue weighted by Crippen LogP contribution is -2.18. The zero-order valence-electron chi connectivity index (χ0n) is 11.9. The zero-order valence-corrected chi connectivity index (χ0v) is 12.8. The minimum absolute atomic E-state index is 0.0144. The van der Waals surface area contributed by atoms with Crippen LogP contribution in [0, 0.1) is 5.82 Å². The highest BCUT2D eigenvalue weighted by molar-refractivity contribution is 7.81. The Labute approximate surface area is 133 Å². The van der Waals surface area contributed by atoms with E-state index in [9.17, 15) is 9.18 Å². The van der Waals surface area contributed by atoms with E-state index in [2.05, 4.69) is 23.2 Å². The van der Waals surface area contributed by atoms with Crippen LogP contribution in [-0.4, -0.2) is 24.4 Å². The highest BCUT2D eigenvalue weighted by Crippen LogP contribution is 2.15. The van der Waals surface area contributed by atoms with Crippen molar-refractivity contribution < 1.29 is 13.9 Å². The Hall–Kier alpha value is -2.34. The van der Waals surface area contributed by atoms with Gasteiger partial charge in [0, 0.05) is 5.56 Å². The van der Waals surface area contributed by atoms with Gasteiger partial charge in [0.25, 0.3) is 0 Å². The van der Waals surface area contributed by atoms with Gasteiger partial charge in [0.1, 0.15) is 17.3 Å². The van der Waals surface area contributed by atoms with E-state index in [-0.39, 0.29) is 23.1 Å². The number of ketones is 1. The average molecular weight is 318 g/mol. The van der Waals surface area contributed by atoms with Gasteiger partial charge in [-0.25, -0.2) is 4.39 Å². The number of hydrazone groups is 1. The van der Waals surface area contributed by atoms with Gasteiger partial charge in [-0.2, -0.15) is 17.7 Å². The van der Waals surface area contributed by atoms with Gasteiger partial charge in [-0.3, -0.25) is 10.2 Å². The molecule has 6 heteroatoms. The SMILES string of the molecule is COc1ccc(NN=C(C(=O)CS)c2ccc(F)cc2)cc1. The maximum absolute atomic E-state index is 13.0. The second-order valence-corrected chi connectivity index (χ2v) is 4.71. The first kappa shape index (κ1) is 16.0. The molecule has 2 aromatic rings. The van der Waals surface area contributed by atoms with Crippen LogP contribution in [0.1, 0.15) is 5.56 Å². The molecule has 2 aromatic carbocycles. The summed E-state index contributed by atoms with van der Waals surface area (Å²) in [6.45, 7) is 0. The fourth-order valence-corrected chi connectivity index (χ4v) is 1.91. The van der Waals surface area contributed by atoms with Gasteiger partial charge in [-0.05, 0) is 48.5 Å². The molecule has 0 aliphatic heterocycles. The Balaban J connectivity index is 2.24. The maximum atomic E-state index is 13.0. The average Bonchev–Trinajstić information content (AvgIpc) is 2.56. The summed E-state index contributed by atoms with van der Waals surface area (Å²) in [7, 11) is 1.58. The van der Waals surface area contributed by atoms with Crippen molar-refractivity contribution in [1.82, 2.24) is 0 Å². The van der Waals surface area contributed by atoms with Gasteiger partial charge >= 0.3 is 0 Å². The van der Waals surface area contributed by atoms with Crippen LogP contribution in [0.3, 0.4) is 0 Å². The molecule has 0 unspecified atom stereocenters. The zero-order chi connectivity index (χ0) is 15.9. The van der Waals surface area contributed by atoms with Crippen molar-refractivity contribution in [2.45, 2.75) is 0 Å². The third-order valence-electron chi connectivity index (χ3n) is 2.91. The van der Waals surface area contributed by atoms with E-state index in [4.69, 9.17) is 4.74 Å². The fraction of sp³-hybridized carbons (Fsp3) is 0.125. The predicted molar refractivity (Wildman–Crippen MR) is 88.4 cm³/mol. The van der Waals surface area contributed by atoms with Gasteiger partial charge in [0.2, 0.25) is 0 Å². The molecule has 1 N–H and O–H groups in total. The maximum Gasteiger partial charge on any atom is 0.193 e. The Bertz CT molecular complexity index is 670. The molecule has 0 atom stereocenters. The van der Waals surface area contributed by atoms with Crippen molar-refractivity contribution in [1.29, 1.82) is 0 Å². The summed E-state index contributed by atoms with van der Waals surface area (Å²) in [6, 6.07) is 12.7. The number of ether oxygens (including phenoxy) is 1. The smallest absolute Gasteiger partial charge is 0.193 e. The van der Waals surface area contributed by atoms with Crippen LogP contribution in [0.25, 0.3) is 0 Å². The Morgan fingerprint density at radius 1 is 1.18 bits per heavy atom. The molecular weight excluding hydrogens is 303 g/mol. The second kappa shape index (κ2) is 7.61. The van der Waals surface area contributed by atoms with Crippen LogP contribution in [0.4, 0.5) is 10.1 Å². The molecule has 0 amide bonds. The van der Waals surface area contributed by atoms with Gasteiger partial charge < -0.3 is 4.74 Å². The third kappa shape index (κ3) is 4.08.